The number of hydrogen-bond acceptors (Lipinski definition) is 4. The summed E-state index contributed by atoms with van der Waals surface area (Å²) in [7, 11) is 0. The normalized spacial score (nSPS) is 18.0. The number of carbonyl (C=O) groups is 1. The van der Waals surface area contributed by atoms with Crippen molar-refractivity contribution < 1.29 is 4.79 Å². The molecule has 5 nitrogen and oxygen atoms in total. The van der Waals surface area contributed by atoms with E-state index in [1.807, 2.05) is 0 Å². The fourth-order valence-corrected chi connectivity index (χ4v) is 4.63. The third-order valence-electron chi connectivity index (χ3n) is 6.74. The van der Waals surface area contributed by atoms with E-state index in [4.69, 9.17) is 0 Å². The molecule has 2 aliphatic heterocycles. The molecule has 30 heavy (non-hydrogen) atoms. The third-order valence-corrected chi connectivity index (χ3v) is 6.74. The van der Waals surface area contributed by atoms with Crippen molar-refractivity contribution in [3.8, 4) is 0 Å². The van der Waals surface area contributed by atoms with Crippen LogP contribution in [-0.2, 0) is 4.79 Å². The highest BCUT2D eigenvalue weighted by molar-refractivity contribution is 5.78. The number of amides is 1. The maximum absolute atomic E-state index is 12.9. The molecule has 4 rings (SSSR count). The molecule has 2 fully saturated rings. The highest BCUT2D eigenvalue weighted by atomic mass is 16.2. The highest BCUT2D eigenvalue weighted by Crippen LogP contribution is 2.24. The van der Waals surface area contributed by atoms with E-state index in [1.54, 1.807) is 0 Å². The summed E-state index contributed by atoms with van der Waals surface area (Å²) >= 11 is 0. The maximum Gasteiger partial charge on any atom is 0.236 e. The molecule has 2 aromatic rings. The van der Waals surface area contributed by atoms with Gasteiger partial charge < -0.3 is 14.7 Å². The summed E-state index contributed by atoms with van der Waals surface area (Å²) in [4.78, 5) is 22.1. The van der Waals surface area contributed by atoms with Crippen LogP contribution in [0, 0.1) is 20.8 Å². The SMILES string of the molecule is Cc1ccccc1N1CCN(CC(=O)N2CCN(c3cccc(C)c3C)CC2)CC1. The van der Waals surface area contributed by atoms with Gasteiger partial charge in [0.25, 0.3) is 0 Å². The molecule has 0 aromatic heterocycles. The topological polar surface area (TPSA) is 30.0 Å². The van der Waals surface area contributed by atoms with Crippen LogP contribution >= 0.6 is 0 Å². The van der Waals surface area contributed by atoms with Gasteiger partial charge in [0.2, 0.25) is 5.91 Å². The van der Waals surface area contributed by atoms with E-state index in [2.05, 4.69) is 82.8 Å². The first kappa shape index (κ1) is 20.7. The lowest BCUT2D eigenvalue weighted by molar-refractivity contribution is -0.132. The molecule has 2 aromatic carbocycles. The minimum Gasteiger partial charge on any atom is -0.369 e. The Hall–Kier alpha value is -2.53. The standard InChI is InChI=1S/C25H34N4O/c1-20-8-6-10-24(22(20)3)28-15-17-29(18-16-28)25(30)19-26-11-13-27(14-12-26)23-9-5-4-7-21(23)2/h4-10H,11-19H2,1-3H3. The Morgan fingerprint density at radius 3 is 1.97 bits per heavy atom. The number of carbonyl (C=O) groups excluding carboxylic acids is 1. The second-order valence-corrected chi connectivity index (χ2v) is 8.64. The van der Waals surface area contributed by atoms with E-state index >= 15 is 0 Å². The number of benzene rings is 2. The van der Waals surface area contributed by atoms with Gasteiger partial charge in [0.1, 0.15) is 0 Å². The summed E-state index contributed by atoms with van der Waals surface area (Å²) in [5, 5.41) is 0. The first-order valence-electron chi connectivity index (χ1n) is 11.1. The number of piperazine rings is 2. The van der Waals surface area contributed by atoms with Crippen LogP contribution in [0.1, 0.15) is 16.7 Å². The number of nitrogens with zero attached hydrogens (tertiary/aromatic N) is 4. The smallest absolute Gasteiger partial charge is 0.236 e. The number of anilines is 2. The zero-order chi connectivity index (χ0) is 21.1. The number of rotatable bonds is 4. The summed E-state index contributed by atoms with van der Waals surface area (Å²) in [5.41, 5.74) is 6.64. The average molecular weight is 407 g/mol. The van der Waals surface area contributed by atoms with Crippen molar-refractivity contribution in [2.24, 2.45) is 0 Å². The first-order chi connectivity index (χ1) is 14.5. The van der Waals surface area contributed by atoms with Gasteiger partial charge >= 0.3 is 0 Å². The van der Waals surface area contributed by atoms with Crippen molar-refractivity contribution in [3.63, 3.8) is 0 Å². The Kier molecular flexibility index (Phi) is 6.28. The maximum atomic E-state index is 12.9. The van der Waals surface area contributed by atoms with Gasteiger partial charge in [-0.05, 0) is 49.6 Å². The molecule has 0 aliphatic carbocycles. The molecule has 5 heteroatoms. The van der Waals surface area contributed by atoms with E-state index in [0.29, 0.717) is 6.54 Å². The van der Waals surface area contributed by atoms with Gasteiger partial charge in [-0.15, -0.1) is 0 Å². The quantitative estimate of drug-likeness (QED) is 0.781. The van der Waals surface area contributed by atoms with E-state index in [1.165, 1.54) is 28.1 Å². The van der Waals surface area contributed by atoms with Gasteiger partial charge in [0.05, 0.1) is 6.54 Å². The van der Waals surface area contributed by atoms with Crippen LogP contribution in [0.4, 0.5) is 11.4 Å². The number of hydrogen-bond donors (Lipinski definition) is 0. The van der Waals surface area contributed by atoms with Crippen LogP contribution in [0.3, 0.4) is 0 Å². The second-order valence-electron chi connectivity index (χ2n) is 8.64. The summed E-state index contributed by atoms with van der Waals surface area (Å²) < 4.78 is 0. The molecular formula is C25H34N4O. The predicted octanol–water partition coefficient (Wildman–Crippen LogP) is 3.08. The average Bonchev–Trinajstić information content (AvgIpc) is 2.77. The van der Waals surface area contributed by atoms with Crippen molar-refractivity contribution >= 4 is 17.3 Å². The van der Waals surface area contributed by atoms with Crippen LogP contribution in [0.2, 0.25) is 0 Å². The molecule has 2 saturated heterocycles. The molecule has 1 amide bonds. The van der Waals surface area contributed by atoms with Gasteiger partial charge in [-0.25, -0.2) is 0 Å². The van der Waals surface area contributed by atoms with Crippen LogP contribution in [-0.4, -0.2) is 74.6 Å². The summed E-state index contributed by atoms with van der Waals surface area (Å²) in [5.74, 6) is 0.278. The van der Waals surface area contributed by atoms with E-state index in [9.17, 15) is 4.79 Å². The van der Waals surface area contributed by atoms with E-state index in [-0.39, 0.29) is 5.91 Å². The fraction of sp³-hybridized carbons (Fsp3) is 0.480. The van der Waals surface area contributed by atoms with E-state index in [0.717, 1.165) is 52.4 Å². The molecule has 0 spiro atoms. The molecule has 0 saturated carbocycles. The Balaban J connectivity index is 1.26. The van der Waals surface area contributed by atoms with Crippen LogP contribution in [0.25, 0.3) is 0 Å². The summed E-state index contributed by atoms with van der Waals surface area (Å²) in [6.45, 7) is 14.4. The zero-order valence-corrected chi connectivity index (χ0v) is 18.6. The van der Waals surface area contributed by atoms with Crippen molar-refractivity contribution in [3.05, 3.63) is 59.2 Å². The summed E-state index contributed by atoms with van der Waals surface area (Å²) in [6, 6.07) is 15.1. The molecule has 2 aliphatic rings. The van der Waals surface area contributed by atoms with Crippen LogP contribution in [0.5, 0.6) is 0 Å². The Labute approximate surface area is 180 Å². The van der Waals surface area contributed by atoms with Crippen molar-refractivity contribution in [2.75, 3.05) is 68.7 Å². The second kappa shape index (κ2) is 9.09. The molecule has 0 atom stereocenters. The van der Waals surface area contributed by atoms with Crippen LogP contribution in [0.15, 0.2) is 42.5 Å². The van der Waals surface area contributed by atoms with Gasteiger partial charge in [-0.3, -0.25) is 9.69 Å². The monoisotopic (exact) mass is 406 g/mol. The highest BCUT2D eigenvalue weighted by Gasteiger charge is 2.25. The Morgan fingerprint density at radius 2 is 1.27 bits per heavy atom. The lowest BCUT2D eigenvalue weighted by Crippen LogP contribution is -2.54. The lowest BCUT2D eigenvalue weighted by Gasteiger charge is -2.39. The number of para-hydroxylation sites is 1. The predicted molar refractivity (Wildman–Crippen MR) is 125 cm³/mol. The van der Waals surface area contributed by atoms with E-state index < -0.39 is 0 Å². The van der Waals surface area contributed by atoms with Gasteiger partial charge in [-0.1, -0.05) is 30.3 Å². The molecule has 0 N–H and O–H groups in total. The molecule has 0 unspecified atom stereocenters. The Morgan fingerprint density at radius 1 is 0.700 bits per heavy atom. The van der Waals surface area contributed by atoms with Crippen molar-refractivity contribution in [1.82, 2.24) is 9.80 Å². The molecule has 160 valence electrons. The van der Waals surface area contributed by atoms with Crippen molar-refractivity contribution in [1.29, 1.82) is 0 Å². The number of aryl methyl sites for hydroxylation is 2. The summed E-state index contributed by atoms with van der Waals surface area (Å²) in [6.07, 6.45) is 0. The first-order valence-corrected chi connectivity index (χ1v) is 11.1. The molecule has 0 radical (unpaired) electrons. The molecule has 2 heterocycles. The van der Waals surface area contributed by atoms with Gasteiger partial charge in [0.15, 0.2) is 0 Å². The minimum atomic E-state index is 0.278. The molecular weight excluding hydrogens is 372 g/mol. The third kappa shape index (κ3) is 4.46. The molecule has 0 bridgehead atoms. The zero-order valence-electron chi connectivity index (χ0n) is 18.6. The fourth-order valence-electron chi connectivity index (χ4n) is 4.63. The van der Waals surface area contributed by atoms with Gasteiger partial charge in [-0.2, -0.15) is 0 Å². The minimum absolute atomic E-state index is 0.278. The van der Waals surface area contributed by atoms with Gasteiger partial charge in [0, 0.05) is 63.7 Å². The van der Waals surface area contributed by atoms with Crippen molar-refractivity contribution in [2.45, 2.75) is 20.8 Å². The lowest BCUT2D eigenvalue weighted by atomic mass is 10.1. The Bertz CT molecular complexity index is 880. The van der Waals surface area contributed by atoms with Crippen LogP contribution < -0.4 is 9.80 Å². The largest absolute Gasteiger partial charge is 0.369 e.